The predicted octanol–water partition coefficient (Wildman–Crippen LogP) is 4.31. The molecule has 108 valence electrons. The van der Waals surface area contributed by atoms with E-state index in [1.165, 1.54) is 0 Å². The van der Waals surface area contributed by atoms with Crippen LogP contribution in [0.1, 0.15) is 20.7 Å². The lowest BCUT2D eigenvalue weighted by Crippen LogP contribution is -2.26. The molecule has 1 aliphatic rings. The minimum Gasteiger partial charge on any atom is -0.464 e. The number of rotatable bonds is 2. The zero-order chi connectivity index (χ0) is 15.1. The molecular weight excluding hydrogens is 342 g/mol. The third-order valence-corrected chi connectivity index (χ3v) is 4.81. The molecule has 3 aromatic rings. The van der Waals surface area contributed by atoms with Crippen LogP contribution in [0.4, 0.5) is 0 Å². The van der Waals surface area contributed by atoms with Gasteiger partial charge < -0.3 is 4.74 Å². The number of benzene rings is 2. The molecule has 0 bridgehead atoms. The largest absolute Gasteiger partial charge is 0.464 e. The van der Waals surface area contributed by atoms with Gasteiger partial charge in [-0.25, -0.2) is 4.98 Å². The highest BCUT2D eigenvalue weighted by molar-refractivity contribution is 9.09. The van der Waals surface area contributed by atoms with Crippen molar-refractivity contribution in [2.45, 2.75) is 10.9 Å². The van der Waals surface area contributed by atoms with E-state index in [0.717, 1.165) is 16.5 Å². The summed E-state index contributed by atoms with van der Waals surface area (Å²) < 4.78 is 5.84. The number of hydrogen-bond donors (Lipinski definition) is 0. The van der Waals surface area contributed by atoms with E-state index in [-0.39, 0.29) is 10.6 Å². The van der Waals surface area contributed by atoms with Crippen molar-refractivity contribution < 1.29 is 9.53 Å². The van der Waals surface area contributed by atoms with Crippen LogP contribution in [0.25, 0.3) is 10.9 Å². The zero-order valence-corrected chi connectivity index (χ0v) is 13.2. The summed E-state index contributed by atoms with van der Waals surface area (Å²) in [6, 6.07) is 19.1. The number of alkyl halides is 1. The molecular formula is C18H12BrNO2. The summed E-state index contributed by atoms with van der Waals surface area (Å²) in [5.41, 5.74) is 2.44. The normalized spacial score (nSPS) is 19.7. The predicted molar refractivity (Wildman–Crippen MR) is 88.6 cm³/mol. The summed E-state index contributed by atoms with van der Waals surface area (Å²) in [6.07, 6.45) is -0.582. The van der Waals surface area contributed by atoms with E-state index < -0.39 is 6.10 Å². The first-order valence-corrected chi connectivity index (χ1v) is 7.95. The molecule has 2 aromatic carbocycles. The Morgan fingerprint density at radius 1 is 1.05 bits per heavy atom. The highest BCUT2D eigenvalue weighted by Gasteiger charge is 2.39. The van der Waals surface area contributed by atoms with Gasteiger partial charge in [0.25, 0.3) is 0 Å². The van der Waals surface area contributed by atoms with Gasteiger partial charge in [-0.1, -0.05) is 64.5 Å². The van der Waals surface area contributed by atoms with Crippen molar-refractivity contribution in [3.63, 3.8) is 0 Å². The smallest absolute Gasteiger partial charge is 0.219 e. The topological polar surface area (TPSA) is 39.2 Å². The Balaban J connectivity index is 1.74. The number of carbonyl (C=O) groups excluding carboxylic acids is 1. The fourth-order valence-corrected chi connectivity index (χ4v) is 3.38. The van der Waals surface area contributed by atoms with Crippen LogP contribution in [0, 0.1) is 0 Å². The number of carbonyl (C=O) groups is 1. The number of halogens is 1. The van der Waals surface area contributed by atoms with Gasteiger partial charge in [-0.2, -0.15) is 0 Å². The van der Waals surface area contributed by atoms with Gasteiger partial charge in [0.15, 0.2) is 6.10 Å². The minimum atomic E-state index is -0.582. The molecule has 0 N–H and O–H groups in total. The fraction of sp³-hybridized carbons (Fsp3) is 0.111. The molecule has 22 heavy (non-hydrogen) atoms. The maximum Gasteiger partial charge on any atom is 0.219 e. The summed E-state index contributed by atoms with van der Waals surface area (Å²) in [7, 11) is 0. The van der Waals surface area contributed by atoms with Gasteiger partial charge >= 0.3 is 0 Å². The van der Waals surface area contributed by atoms with Gasteiger partial charge in [0.2, 0.25) is 11.7 Å². The highest BCUT2D eigenvalue weighted by Crippen LogP contribution is 2.43. The zero-order valence-electron chi connectivity index (χ0n) is 11.6. The third-order valence-electron chi connectivity index (χ3n) is 3.83. The van der Waals surface area contributed by atoms with Crippen molar-refractivity contribution >= 4 is 32.6 Å². The number of aromatic nitrogens is 1. The van der Waals surface area contributed by atoms with Crippen molar-refractivity contribution in [3.05, 3.63) is 71.8 Å². The van der Waals surface area contributed by atoms with Crippen molar-refractivity contribution in [2.24, 2.45) is 0 Å². The summed E-state index contributed by atoms with van der Waals surface area (Å²) in [4.78, 5) is 17.0. The first-order valence-electron chi connectivity index (χ1n) is 7.04. The monoisotopic (exact) mass is 353 g/mol. The number of fused-ring (bicyclic) bond motifs is 2. The van der Waals surface area contributed by atoms with Gasteiger partial charge in [-0.3, -0.25) is 4.79 Å². The van der Waals surface area contributed by atoms with Crippen LogP contribution in [0.2, 0.25) is 0 Å². The van der Waals surface area contributed by atoms with E-state index in [2.05, 4.69) is 20.9 Å². The van der Waals surface area contributed by atoms with Crippen molar-refractivity contribution in [3.8, 4) is 5.88 Å². The van der Waals surface area contributed by atoms with Gasteiger partial charge in [0.05, 0.1) is 10.3 Å². The van der Waals surface area contributed by atoms with E-state index in [1.54, 1.807) is 12.1 Å². The molecule has 2 heterocycles. The Bertz CT molecular complexity index is 863. The Hall–Kier alpha value is -2.20. The quantitative estimate of drug-likeness (QED) is 0.508. The van der Waals surface area contributed by atoms with Crippen LogP contribution >= 0.6 is 15.9 Å². The average Bonchev–Trinajstić information content (AvgIpc) is 2.89. The lowest BCUT2D eigenvalue weighted by atomic mass is 10.0. The van der Waals surface area contributed by atoms with Crippen LogP contribution in [0.3, 0.4) is 0 Å². The molecule has 0 aliphatic carbocycles. The van der Waals surface area contributed by atoms with Crippen molar-refractivity contribution in [1.82, 2.24) is 4.98 Å². The minimum absolute atomic E-state index is 0.0375. The van der Waals surface area contributed by atoms with Crippen LogP contribution in [0.5, 0.6) is 5.88 Å². The second kappa shape index (κ2) is 5.21. The van der Waals surface area contributed by atoms with Gasteiger partial charge in [-0.05, 0) is 12.1 Å². The standard InChI is InChI=1S/C18H12BrNO2/c19-15-13-10-12-8-4-5-9-14(12)20-18(13)22-17(15)16(21)11-6-2-1-3-7-11/h1-10,15,17H. The first kappa shape index (κ1) is 13.5. The summed E-state index contributed by atoms with van der Waals surface area (Å²) in [6.45, 7) is 0. The van der Waals surface area contributed by atoms with E-state index in [4.69, 9.17) is 4.74 Å². The number of hydrogen-bond acceptors (Lipinski definition) is 3. The molecule has 0 saturated heterocycles. The van der Waals surface area contributed by atoms with E-state index >= 15 is 0 Å². The molecule has 4 heteroatoms. The Labute approximate surface area is 136 Å². The maximum atomic E-state index is 12.6. The Morgan fingerprint density at radius 2 is 1.77 bits per heavy atom. The van der Waals surface area contributed by atoms with Crippen LogP contribution in [-0.2, 0) is 0 Å². The second-order valence-electron chi connectivity index (χ2n) is 5.25. The lowest BCUT2D eigenvalue weighted by Gasteiger charge is -2.12. The third kappa shape index (κ3) is 2.11. The summed E-state index contributed by atoms with van der Waals surface area (Å²) >= 11 is 3.60. The highest BCUT2D eigenvalue weighted by atomic mass is 79.9. The van der Waals surface area contributed by atoms with E-state index in [0.29, 0.717) is 11.4 Å². The van der Waals surface area contributed by atoms with E-state index in [1.807, 2.05) is 48.5 Å². The van der Waals surface area contributed by atoms with Gasteiger partial charge in [0, 0.05) is 16.5 Å². The van der Waals surface area contributed by atoms with Gasteiger partial charge in [0.1, 0.15) is 0 Å². The van der Waals surface area contributed by atoms with Crippen molar-refractivity contribution in [1.29, 1.82) is 0 Å². The number of Topliss-reactive ketones (excluding diaryl/α,β-unsaturated/α-hetero) is 1. The van der Waals surface area contributed by atoms with Gasteiger partial charge in [-0.15, -0.1) is 0 Å². The number of ether oxygens (including phenoxy) is 1. The molecule has 0 spiro atoms. The SMILES string of the molecule is O=C(c1ccccc1)C1Oc2nc3ccccc3cc2C1Br. The van der Waals surface area contributed by atoms with E-state index in [9.17, 15) is 4.79 Å². The molecule has 2 unspecified atom stereocenters. The molecule has 4 rings (SSSR count). The maximum absolute atomic E-state index is 12.6. The van der Waals surface area contributed by atoms with Crippen molar-refractivity contribution in [2.75, 3.05) is 0 Å². The molecule has 3 nitrogen and oxygen atoms in total. The molecule has 0 radical (unpaired) electrons. The number of nitrogens with zero attached hydrogens (tertiary/aromatic N) is 1. The number of para-hydroxylation sites is 1. The molecule has 1 aromatic heterocycles. The molecule has 0 amide bonds. The summed E-state index contributed by atoms with van der Waals surface area (Å²) in [5.74, 6) is 0.499. The second-order valence-corrected chi connectivity index (χ2v) is 6.23. The molecule has 1 aliphatic heterocycles. The van der Waals surface area contributed by atoms with Crippen LogP contribution in [-0.4, -0.2) is 16.9 Å². The Kier molecular flexibility index (Phi) is 3.19. The lowest BCUT2D eigenvalue weighted by molar-refractivity contribution is 0.0819. The Morgan fingerprint density at radius 3 is 2.59 bits per heavy atom. The number of ketones is 1. The first-order chi connectivity index (χ1) is 10.7. The fourth-order valence-electron chi connectivity index (χ4n) is 2.70. The van der Waals surface area contributed by atoms with Crippen LogP contribution < -0.4 is 4.74 Å². The van der Waals surface area contributed by atoms with Crippen LogP contribution in [0.15, 0.2) is 60.7 Å². The average molecular weight is 354 g/mol. The number of pyridine rings is 1. The molecule has 0 saturated carbocycles. The molecule has 0 fully saturated rings. The summed E-state index contributed by atoms with van der Waals surface area (Å²) in [5, 5.41) is 1.04. The molecule has 2 atom stereocenters.